The van der Waals surface area contributed by atoms with Crippen LogP contribution >= 0.6 is 0 Å². The highest BCUT2D eigenvalue weighted by Gasteiger charge is 2.31. The minimum atomic E-state index is 0.467. The van der Waals surface area contributed by atoms with Gasteiger partial charge in [0.05, 0.1) is 12.7 Å². The second-order valence-corrected chi connectivity index (χ2v) is 5.12. The van der Waals surface area contributed by atoms with Crippen LogP contribution < -0.4 is 5.73 Å². The van der Waals surface area contributed by atoms with Gasteiger partial charge in [-0.25, -0.2) is 0 Å². The van der Waals surface area contributed by atoms with E-state index in [9.17, 15) is 0 Å². The fraction of sp³-hybridized carbons (Fsp3) is 1.00. The van der Waals surface area contributed by atoms with E-state index in [0.29, 0.717) is 18.1 Å². The molecule has 0 aromatic carbocycles. The number of hydrogen-bond acceptors (Lipinski definition) is 4. The molecular weight excluding hydrogens is 216 g/mol. The van der Waals surface area contributed by atoms with Crippen LogP contribution in [0.1, 0.15) is 26.2 Å². The zero-order valence-corrected chi connectivity index (χ0v) is 10.9. The molecule has 2 aliphatic heterocycles. The van der Waals surface area contributed by atoms with Crippen molar-refractivity contribution in [1.82, 2.24) is 4.90 Å². The first kappa shape index (κ1) is 13.3. The maximum atomic E-state index is 5.95. The maximum absolute atomic E-state index is 5.95. The lowest BCUT2D eigenvalue weighted by Gasteiger charge is -2.39. The summed E-state index contributed by atoms with van der Waals surface area (Å²) in [5.41, 5.74) is 5.95. The van der Waals surface area contributed by atoms with Crippen LogP contribution in [-0.4, -0.2) is 56.5 Å². The number of rotatable bonds is 5. The highest BCUT2D eigenvalue weighted by atomic mass is 16.5. The molecule has 2 heterocycles. The zero-order valence-electron chi connectivity index (χ0n) is 10.9. The van der Waals surface area contributed by atoms with Gasteiger partial charge in [0.1, 0.15) is 0 Å². The van der Waals surface area contributed by atoms with E-state index in [0.717, 1.165) is 52.3 Å². The SMILES string of the molecule is CCOC1CCN(C(CN)C2CCOC2)CC1. The Bertz CT molecular complexity index is 211. The third-order valence-electron chi connectivity index (χ3n) is 4.10. The van der Waals surface area contributed by atoms with Crippen LogP contribution in [0.4, 0.5) is 0 Å². The summed E-state index contributed by atoms with van der Waals surface area (Å²) in [5, 5.41) is 0. The van der Waals surface area contributed by atoms with Gasteiger partial charge < -0.3 is 15.2 Å². The average Bonchev–Trinajstić information content (AvgIpc) is 2.86. The minimum absolute atomic E-state index is 0.467. The fourth-order valence-electron chi connectivity index (χ4n) is 3.11. The first-order valence-electron chi connectivity index (χ1n) is 6.98. The Labute approximate surface area is 104 Å². The second-order valence-electron chi connectivity index (χ2n) is 5.12. The molecule has 2 fully saturated rings. The van der Waals surface area contributed by atoms with E-state index in [2.05, 4.69) is 11.8 Å². The van der Waals surface area contributed by atoms with E-state index in [1.54, 1.807) is 0 Å². The molecule has 2 unspecified atom stereocenters. The monoisotopic (exact) mass is 242 g/mol. The summed E-state index contributed by atoms with van der Waals surface area (Å²) in [4.78, 5) is 2.55. The van der Waals surface area contributed by atoms with Crippen LogP contribution in [0.3, 0.4) is 0 Å². The van der Waals surface area contributed by atoms with Gasteiger partial charge >= 0.3 is 0 Å². The van der Waals surface area contributed by atoms with Crippen molar-refractivity contribution in [3.63, 3.8) is 0 Å². The molecule has 17 heavy (non-hydrogen) atoms. The number of nitrogens with two attached hydrogens (primary N) is 1. The van der Waals surface area contributed by atoms with E-state index in [4.69, 9.17) is 15.2 Å². The average molecular weight is 242 g/mol. The smallest absolute Gasteiger partial charge is 0.0599 e. The van der Waals surface area contributed by atoms with E-state index < -0.39 is 0 Å². The lowest BCUT2D eigenvalue weighted by molar-refractivity contribution is -0.00315. The van der Waals surface area contributed by atoms with Crippen molar-refractivity contribution in [2.24, 2.45) is 11.7 Å². The van der Waals surface area contributed by atoms with Gasteiger partial charge in [-0.1, -0.05) is 0 Å². The van der Waals surface area contributed by atoms with Crippen molar-refractivity contribution in [1.29, 1.82) is 0 Å². The molecule has 0 radical (unpaired) electrons. The fourth-order valence-corrected chi connectivity index (χ4v) is 3.11. The topological polar surface area (TPSA) is 47.7 Å². The summed E-state index contributed by atoms with van der Waals surface area (Å²) < 4.78 is 11.2. The Morgan fingerprint density at radius 2 is 2.12 bits per heavy atom. The molecule has 0 aromatic rings. The molecule has 2 saturated heterocycles. The van der Waals surface area contributed by atoms with Crippen LogP contribution in [0, 0.1) is 5.92 Å². The Balaban J connectivity index is 1.81. The molecule has 0 aliphatic carbocycles. The van der Waals surface area contributed by atoms with Crippen molar-refractivity contribution in [3.8, 4) is 0 Å². The van der Waals surface area contributed by atoms with Crippen LogP contribution in [0.2, 0.25) is 0 Å². The predicted molar refractivity (Wildman–Crippen MR) is 68.0 cm³/mol. The van der Waals surface area contributed by atoms with Gasteiger partial charge in [0.15, 0.2) is 0 Å². The third-order valence-corrected chi connectivity index (χ3v) is 4.10. The largest absolute Gasteiger partial charge is 0.381 e. The second kappa shape index (κ2) is 6.69. The number of likely N-dealkylation sites (tertiary alicyclic amines) is 1. The molecular formula is C13H26N2O2. The van der Waals surface area contributed by atoms with Crippen molar-refractivity contribution < 1.29 is 9.47 Å². The molecule has 0 amide bonds. The summed E-state index contributed by atoms with van der Waals surface area (Å²) in [6, 6.07) is 0.514. The first-order valence-corrected chi connectivity index (χ1v) is 6.98. The quantitative estimate of drug-likeness (QED) is 0.776. The van der Waals surface area contributed by atoms with Crippen molar-refractivity contribution >= 4 is 0 Å². The lowest BCUT2D eigenvalue weighted by atomic mass is 9.95. The molecule has 0 bridgehead atoms. The molecule has 4 nitrogen and oxygen atoms in total. The predicted octanol–water partition coefficient (Wildman–Crippen LogP) is 0.851. The summed E-state index contributed by atoms with van der Waals surface area (Å²) in [7, 11) is 0. The Morgan fingerprint density at radius 3 is 2.65 bits per heavy atom. The van der Waals surface area contributed by atoms with Crippen molar-refractivity contribution in [2.75, 3.05) is 39.5 Å². The minimum Gasteiger partial charge on any atom is -0.381 e. The molecule has 2 N–H and O–H groups in total. The highest BCUT2D eigenvalue weighted by molar-refractivity contribution is 4.86. The maximum Gasteiger partial charge on any atom is 0.0599 e. The van der Waals surface area contributed by atoms with Gasteiger partial charge in [0.25, 0.3) is 0 Å². The summed E-state index contributed by atoms with van der Waals surface area (Å²) in [6.07, 6.45) is 3.94. The Hall–Kier alpha value is -0.160. The van der Waals surface area contributed by atoms with Gasteiger partial charge in [-0.15, -0.1) is 0 Å². The summed E-state index contributed by atoms with van der Waals surface area (Å²) in [5.74, 6) is 0.642. The standard InChI is InChI=1S/C13H26N2O2/c1-2-17-12-3-6-15(7-4-12)13(9-14)11-5-8-16-10-11/h11-13H,2-10,14H2,1H3. The molecule has 0 saturated carbocycles. The van der Waals surface area contributed by atoms with Crippen LogP contribution in [0.25, 0.3) is 0 Å². The highest BCUT2D eigenvalue weighted by Crippen LogP contribution is 2.24. The third kappa shape index (κ3) is 3.41. The molecule has 0 spiro atoms. The lowest BCUT2D eigenvalue weighted by Crippen LogP contribution is -2.50. The van der Waals surface area contributed by atoms with Crippen molar-refractivity contribution in [3.05, 3.63) is 0 Å². The molecule has 2 atom stereocenters. The molecule has 2 rings (SSSR count). The van der Waals surface area contributed by atoms with Gasteiger partial charge in [0.2, 0.25) is 0 Å². The van der Waals surface area contributed by atoms with E-state index in [1.807, 2.05) is 0 Å². The van der Waals surface area contributed by atoms with Crippen molar-refractivity contribution in [2.45, 2.75) is 38.3 Å². The van der Waals surface area contributed by atoms with Gasteiger partial charge in [-0.05, 0) is 26.2 Å². The van der Waals surface area contributed by atoms with E-state index in [1.165, 1.54) is 6.42 Å². The number of nitrogens with zero attached hydrogens (tertiary/aromatic N) is 1. The molecule has 100 valence electrons. The van der Waals surface area contributed by atoms with E-state index >= 15 is 0 Å². The Kier molecular flexibility index (Phi) is 5.22. The molecule has 0 aromatic heterocycles. The van der Waals surface area contributed by atoms with Crippen LogP contribution in [0.5, 0.6) is 0 Å². The number of hydrogen-bond donors (Lipinski definition) is 1. The molecule has 2 aliphatic rings. The van der Waals surface area contributed by atoms with Crippen LogP contribution in [-0.2, 0) is 9.47 Å². The van der Waals surface area contributed by atoms with Crippen LogP contribution in [0.15, 0.2) is 0 Å². The normalized spacial score (nSPS) is 29.6. The molecule has 4 heteroatoms. The number of piperidine rings is 1. The van der Waals surface area contributed by atoms with E-state index in [-0.39, 0.29) is 0 Å². The van der Waals surface area contributed by atoms with Gasteiger partial charge in [-0.3, -0.25) is 4.90 Å². The van der Waals surface area contributed by atoms with Gasteiger partial charge in [-0.2, -0.15) is 0 Å². The summed E-state index contributed by atoms with van der Waals surface area (Å²) in [6.45, 7) is 7.73. The number of ether oxygens (including phenoxy) is 2. The van der Waals surface area contributed by atoms with Gasteiger partial charge in [0, 0.05) is 44.8 Å². The summed E-state index contributed by atoms with van der Waals surface area (Å²) >= 11 is 0. The zero-order chi connectivity index (χ0) is 12.1. The Morgan fingerprint density at radius 1 is 1.35 bits per heavy atom. The first-order chi connectivity index (χ1) is 8.35.